The molecule has 0 fully saturated rings. The van der Waals surface area contributed by atoms with Crippen LogP contribution in [-0.2, 0) is 6.54 Å². The molecule has 0 aliphatic carbocycles. The van der Waals surface area contributed by atoms with Gasteiger partial charge in [0.05, 0.1) is 10.6 Å². The maximum absolute atomic E-state index is 8.79. The molecule has 96 valence electrons. The highest BCUT2D eigenvalue weighted by molar-refractivity contribution is 6.35. The molecule has 0 aliphatic heterocycles. The Morgan fingerprint density at radius 3 is 2.42 bits per heavy atom. The summed E-state index contributed by atoms with van der Waals surface area (Å²) >= 11 is 17.9. The molecule has 2 aromatic carbocycles. The number of nitrogens with one attached hydrogen (secondary N) is 1. The lowest BCUT2D eigenvalue weighted by Crippen LogP contribution is -2.00. The van der Waals surface area contributed by atoms with Crippen molar-refractivity contribution in [1.82, 2.24) is 0 Å². The van der Waals surface area contributed by atoms with E-state index in [1.165, 1.54) is 0 Å². The number of halogens is 3. The Balaban J connectivity index is 2.10. The molecule has 0 saturated heterocycles. The molecular formula is C14H9Cl3N2. The first kappa shape index (κ1) is 14.0. The number of hydrogen-bond acceptors (Lipinski definition) is 2. The third kappa shape index (κ3) is 3.54. The second-order valence-corrected chi connectivity index (χ2v) is 5.15. The predicted molar refractivity (Wildman–Crippen MR) is 80.0 cm³/mol. The van der Waals surface area contributed by atoms with Crippen molar-refractivity contribution in [2.75, 3.05) is 5.32 Å². The van der Waals surface area contributed by atoms with E-state index in [9.17, 15) is 0 Å². The highest BCUT2D eigenvalue weighted by Crippen LogP contribution is 2.24. The van der Waals surface area contributed by atoms with Gasteiger partial charge in [-0.05, 0) is 35.9 Å². The van der Waals surface area contributed by atoms with Crippen molar-refractivity contribution in [3.8, 4) is 6.07 Å². The Morgan fingerprint density at radius 1 is 1.00 bits per heavy atom. The Kier molecular flexibility index (Phi) is 4.55. The van der Waals surface area contributed by atoms with Gasteiger partial charge in [0.2, 0.25) is 0 Å². The van der Waals surface area contributed by atoms with Gasteiger partial charge in [0.15, 0.2) is 0 Å². The lowest BCUT2D eigenvalue weighted by molar-refractivity contribution is 1.15. The van der Waals surface area contributed by atoms with Crippen molar-refractivity contribution in [1.29, 1.82) is 5.26 Å². The Labute approximate surface area is 126 Å². The van der Waals surface area contributed by atoms with Gasteiger partial charge in [-0.2, -0.15) is 5.26 Å². The van der Waals surface area contributed by atoms with E-state index in [1.54, 1.807) is 30.3 Å². The summed E-state index contributed by atoms with van der Waals surface area (Å²) in [6.07, 6.45) is 0. The minimum Gasteiger partial charge on any atom is -0.381 e. The molecule has 0 unspecified atom stereocenters. The van der Waals surface area contributed by atoms with Crippen LogP contribution in [0.2, 0.25) is 15.1 Å². The van der Waals surface area contributed by atoms with E-state index in [2.05, 4.69) is 5.32 Å². The molecule has 5 heteroatoms. The van der Waals surface area contributed by atoms with Crippen LogP contribution >= 0.6 is 34.8 Å². The van der Waals surface area contributed by atoms with Gasteiger partial charge in [-0.3, -0.25) is 0 Å². The highest BCUT2D eigenvalue weighted by Gasteiger charge is 2.03. The summed E-state index contributed by atoms with van der Waals surface area (Å²) in [7, 11) is 0. The normalized spacial score (nSPS) is 10.0. The van der Waals surface area contributed by atoms with Crippen LogP contribution < -0.4 is 5.32 Å². The molecular weight excluding hydrogens is 303 g/mol. The highest BCUT2D eigenvalue weighted by atomic mass is 35.5. The standard InChI is InChI=1S/C14H9Cl3N2/c15-11-3-1-10(13(16)5-11)8-19-12-4-2-9(7-18)14(17)6-12/h1-6,19H,8H2. The van der Waals surface area contributed by atoms with Gasteiger partial charge in [-0.1, -0.05) is 40.9 Å². The number of nitrogens with zero attached hydrogens (tertiary/aromatic N) is 1. The minimum absolute atomic E-state index is 0.426. The SMILES string of the molecule is N#Cc1ccc(NCc2ccc(Cl)cc2Cl)cc1Cl. The summed E-state index contributed by atoms with van der Waals surface area (Å²) in [5.74, 6) is 0. The maximum Gasteiger partial charge on any atom is 0.101 e. The van der Waals surface area contributed by atoms with Crippen LogP contribution in [-0.4, -0.2) is 0 Å². The summed E-state index contributed by atoms with van der Waals surface area (Å²) in [6, 6.07) is 12.6. The van der Waals surface area contributed by atoms with Gasteiger partial charge in [0.25, 0.3) is 0 Å². The molecule has 0 aromatic heterocycles. The predicted octanol–water partition coefficient (Wildman–Crippen LogP) is 5.13. The van der Waals surface area contributed by atoms with Crippen molar-refractivity contribution in [3.63, 3.8) is 0 Å². The van der Waals surface area contributed by atoms with Crippen LogP contribution in [0.3, 0.4) is 0 Å². The van der Waals surface area contributed by atoms with E-state index in [1.807, 2.05) is 12.1 Å². The summed E-state index contributed by atoms with van der Waals surface area (Å²) < 4.78 is 0. The van der Waals surface area contributed by atoms with Crippen LogP contribution in [0.25, 0.3) is 0 Å². The third-order valence-corrected chi connectivity index (χ3v) is 3.49. The van der Waals surface area contributed by atoms with Crippen molar-refractivity contribution < 1.29 is 0 Å². The van der Waals surface area contributed by atoms with E-state index in [-0.39, 0.29) is 0 Å². The van der Waals surface area contributed by atoms with Crippen molar-refractivity contribution in [2.24, 2.45) is 0 Å². The lowest BCUT2D eigenvalue weighted by atomic mass is 10.2. The summed E-state index contributed by atoms with van der Waals surface area (Å²) in [5, 5.41) is 13.6. The van der Waals surface area contributed by atoms with Crippen LogP contribution in [0.1, 0.15) is 11.1 Å². The topological polar surface area (TPSA) is 35.8 Å². The van der Waals surface area contributed by atoms with Crippen molar-refractivity contribution in [3.05, 3.63) is 62.6 Å². The molecule has 2 nitrogen and oxygen atoms in total. The first-order valence-electron chi connectivity index (χ1n) is 5.47. The molecule has 0 bridgehead atoms. The van der Waals surface area contributed by atoms with Crippen LogP contribution in [0.4, 0.5) is 5.69 Å². The zero-order valence-corrected chi connectivity index (χ0v) is 12.0. The van der Waals surface area contributed by atoms with Gasteiger partial charge in [-0.15, -0.1) is 0 Å². The van der Waals surface area contributed by atoms with E-state index in [0.29, 0.717) is 27.2 Å². The molecule has 2 aromatic rings. The molecule has 0 atom stereocenters. The fourth-order valence-electron chi connectivity index (χ4n) is 1.58. The number of nitriles is 1. The first-order valence-corrected chi connectivity index (χ1v) is 6.61. The minimum atomic E-state index is 0.426. The number of benzene rings is 2. The van der Waals surface area contributed by atoms with Gasteiger partial charge in [0.1, 0.15) is 6.07 Å². The number of rotatable bonds is 3. The second kappa shape index (κ2) is 6.16. The quantitative estimate of drug-likeness (QED) is 0.853. The zero-order chi connectivity index (χ0) is 13.8. The molecule has 0 aliphatic rings. The average molecular weight is 312 g/mol. The lowest BCUT2D eigenvalue weighted by Gasteiger charge is -2.09. The van der Waals surface area contributed by atoms with Crippen molar-refractivity contribution in [2.45, 2.75) is 6.54 Å². The maximum atomic E-state index is 8.79. The summed E-state index contributed by atoms with van der Waals surface area (Å²) in [6.45, 7) is 0.554. The largest absolute Gasteiger partial charge is 0.381 e. The van der Waals surface area contributed by atoms with E-state index in [0.717, 1.165) is 11.3 Å². The van der Waals surface area contributed by atoms with Gasteiger partial charge < -0.3 is 5.32 Å². The molecule has 0 radical (unpaired) electrons. The van der Waals surface area contributed by atoms with Gasteiger partial charge in [0, 0.05) is 22.3 Å². The zero-order valence-electron chi connectivity index (χ0n) is 9.75. The summed E-state index contributed by atoms with van der Waals surface area (Å²) in [4.78, 5) is 0. The monoisotopic (exact) mass is 310 g/mol. The molecule has 19 heavy (non-hydrogen) atoms. The van der Waals surface area contributed by atoms with E-state index < -0.39 is 0 Å². The molecule has 0 amide bonds. The first-order chi connectivity index (χ1) is 9.10. The number of anilines is 1. The fourth-order valence-corrected chi connectivity index (χ4v) is 2.28. The van der Waals surface area contributed by atoms with Crippen LogP contribution in [0, 0.1) is 11.3 Å². The van der Waals surface area contributed by atoms with E-state index >= 15 is 0 Å². The smallest absolute Gasteiger partial charge is 0.101 e. The molecule has 0 spiro atoms. The van der Waals surface area contributed by atoms with Crippen LogP contribution in [0.5, 0.6) is 0 Å². The van der Waals surface area contributed by atoms with Crippen molar-refractivity contribution >= 4 is 40.5 Å². The van der Waals surface area contributed by atoms with Gasteiger partial charge >= 0.3 is 0 Å². The van der Waals surface area contributed by atoms with E-state index in [4.69, 9.17) is 40.1 Å². The summed E-state index contributed by atoms with van der Waals surface area (Å²) in [5.41, 5.74) is 2.22. The molecule has 2 rings (SSSR count). The average Bonchev–Trinajstić information content (AvgIpc) is 2.38. The molecule has 1 N–H and O–H groups in total. The third-order valence-electron chi connectivity index (χ3n) is 2.59. The molecule has 0 heterocycles. The Bertz CT molecular complexity index is 648. The van der Waals surface area contributed by atoms with Gasteiger partial charge in [-0.25, -0.2) is 0 Å². The Hall–Kier alpha value is -1.40. The number of hydrogen-bond donors (Lipinski definition) is 1. The second-order valence-electron chi connectivity index (χ2n) is 3.90. The Morgan fingerprint density at radius 2 is 1.79 bits per heavy atom. The fraction of sp³-hybridized carbons (Fsp3) is 0.0714. The van der Waals surface area contributed by atoms with Crippen LogP contribution in [0.15, 0.2) is 36.4 Å². The molecule has 0 saturated carbocycles.